The first-order valence-corrected chi connectivity index (χ1v) is 12.8. The van der Waals surface area contributed by atoms with Crippen molar-refractivity contribution in [2.45, 2.75) is 45.9 Å². The van der Waals surface area contributed by atoms with Crippen LogP contribution in [0.25, 0.3) is 0 Å². The number of hydrogen-bond acceptors (Lipinski definition) is 8. The Labute approximate surface area is 244 Å². The topological polar surface area (TPSA) is 151 Å². The zero-order valence-corrected chi connectivity index (χ0v) is 24.2. The molecule has 0 saturated heterocycles. The summed E-state index contributed by atoms with van der Waals surface area (Å²) in [5, 5.41) is 18.3. The molecular formula is C28H31BFN7O5. The summed E-state index contributed by atoms with van der Waals surface area (Å²) in [4.78, 5) is 43.3. The minimum absolute atomic E-state index is 0.00288. The lowest BCUT2D eigenvalue weighted by Crippen LogP contribution is -2.37. The first-order valence-electron chi connectivity index (χ1n) is 12.8. The van der Waals surface area contributed by atoms with Gasteiger partial charge in [0.2, 0.25) is 5.91 Å². The quantitative estimate of drug-likeness (QED) is 0.370. The number of ether oxygens (including phenoxy) is 2. The number of nitrogens with one attached hydrogen (secondary N) is 2. The summed E-state index contributed by atoms with van der Waals surface area (Å²) in [5.74, 6) is -1.58. The van der Waals surface area contributed by atoms with Crippen LogP contribution in [0.4, 0.5) is 15.0 Å². The van der Waals surface area contributed by atoms with Gasteiger partial charge in [0, 0.05) is 31.4 Å². The number of pyridine rings is 1. The summed E-state index contributed by atoms with van der Waals surface area (Å²) in [5.41, 5.74) is 0.745. The van der Waals surface area contributed by atoms with Crippen molar-refractivity contribution in [1.29, 1.82) is 5.26 Å². The van der Waals surface area contributed by atoms with E-state index in [4.69, 9.17) is 17.3 Å². The molecule has 14 heteroatoms. The van der Waals surface area contributed by atoms with Crippen LogP contribution in [0.3, 0.4) is 0 Å². The van der Waals surface area contributed by atoms with E-state index in [1.54, 1.807) is 47.9 Å². The summed E-state index contributed by atoms with van der Waals surface area (Å²) < 4.78 is 26.9. The lowest BCUT2D eigenvalue weighted by molar-refractivity contribution is -0.115. The molecule has 1 atom stereocenters. The van der Waals surface area contributed by atoms with Crippen molar-refractivity contribution in [1.82, 2.24) is 25.0 Å². The molecule has 12 nitrogen and oxygen atoms in total. The summed E-state index contributed by atoms with van der Waals surface area (Å²) >= 11 is 0. The van der Waals surface area contributed by atoms with E-state index in [0.717, 1.165) is 6.07 Å². The van der Waals surface area contributed by atoms with Gasteiger partial charge in [-0.1, -0.05) is 5.46 Å². The van der Waals surface area contributed by atoms with Gasteiger partial charge in [0.1, 0.15) is 43.7 Å². The van der Waals surface area contributed by atoms with Crippen molar-refractivity contribution in [3.63, 3.8) is 0 Å². The van der Waals surface area contributed by atoms with Gasteiger partial charge >= 0.3 is 6.09 Å². The van der Waals surface area contributed by atoms with Gasteiger partial charge in [-0.3, -0.25) is 14.3 Å². The third kappa shape index (κ3) is 8.54. The van der Waals surface area contributed by atoms with Gasteiger partial charge < -0.3 is 25.0 Å². The van der Waals surface area contributed by atoms with Gasteiger partial charge in [0.15, 0.2) is 11.6 Å². The van der Waals surface area contributed by atoms with Crippen LogP contribution < -0.4 is 20.8 Å². The number of anilines is 1. The average Bonchev–Trinajstić information content (AvgIpc) is 3.26. The maximum Gasteiger partial charge on any atom is 0.408 e. The second-order valence-corrected chi connectivity index (χ2v) is 10.4. The Morgan fingerprint density at radius 2 is 1.95 bits per heavy atom. The lowest BCUT2D eigenvalue weighted by Gasteiger charge is -2.23. The van der Waals surface area contributed by atoms with E-state index >= 15 is 0 Å². The highest BCUT2D eigenvalue weighted by atomic mass is 19.1. The molecule has 0 spiro atoms. The number of carbonyl (C=O) groups excluding carboxylic acids is 3. The van der Waals surface area contributed by atoms with E-state index in [9.17, 15) is 24.0 Å². The summed E-state index contributed by atoms with van der Waals surface area (Å²) in [6.45, 7) is 6.37. The fourth-order valence-electron chi connectivity index (χ4n) is 3.83. The molecule has 0 fully saturated rings. The normalized spacial score (nSPS) is 11.7. The van der Waals surface area contributed by atoms with Crippen LogP contribution >= 0.6 is 0 Å². The van der Waals surface area contributed by atoms with Crippen LogP contribution in [0.2, 0.25) is 0 Å². The van der Waals surface area contributed by atoms with Crippen LogP contribution in [0, 0.1) is 17.1 Å². The summed E-state index contributed by atoms with van der Waals surface area (Å²) in [7, 11) is 9.07. The molecule has 0 aliphatic heterocycles. The molecule has 0 aliphatic rings. The predicted octanol–water partition coefficient (Wildman–Crippen LogP) is 2.50. The van der Waals surface area contributed by atoms with E-state index < -0.39 is 42.0 Å². The van der Waals surface area contributed by atoms with E-state index in [2.05, 4.69) is 20.7 Å². The summed E-state index contributed by atoms with van der Waals surface area (Å²) in [6.07, 6.45) is -0.363. The van der Waals surface area contributed by atoms with Crippen molar-refractivity contribution in [3.05, 3.63) is 64.9 Å². The molecule has 2 aromatic heterocycles. The molecule has 0 unspecified atom stereocenters. The second-order valence-electron chi connectivity index (χ2n) is 10.4. The summed E-state index contributed by atoms with van der Waals surface area (Å²) in [6, 6.07) is 8.71. The monoisotopic (exact) mass is 575 g/mol. The van der Waals surface area contributed by atoms with Gasteiger partial charge in [0.05, 0.1) is 12.2 Å². The van der Waals surface area contributed by atoms with E-state index in [1.807, 2.05) is 6.07 Å². The zero-order chi connectivity index (χ0) is 31.2. The smallest absolute Gasteiger partial charge is 0.408 e. The molecule has 218 valence electrons. The molecular weight excluding hydrogens is 544 g/mol. The Hall–Kier alpha value is -4.93. The number of carbonyl (C=O) groups is 3. The van der Waals surface area contributed by atoms with Crippen molar-refractivity contribution < 1.29 is 28.2 Å². The number of nitriles is 1. The molecule has 42 heavy (non-hydrogen) atoms. The lowest BCUT2D eigenvalue weighted by atomic mass is 9.98. The number of rotatable bonds is 9. The van der Waals surface area contributed by atoms with Crippen molar-refractivity contribution >= 4 is 37.0 Å². The fourth-order valence-corrected chi connectivity index (χ4v) is 3.83. The second kappa shape index (κ2) is 13.2. The van der Waals surface area contributed by atoms with Gasteiger partial charge in [-0.15, -0.1) is 0 Å². The van der Waals surface area contributed by atoms with Gasteiger partial charge in [-0.25, -0.2) is 14.2 Å². The third-order valence-electron chi connectivity index (χ3n) is 5.70. The highest BCUT2D eigenvalue weighted by Gasteiger charge is 2.24. The molecule has 3 rings (SSSR count). The molecule has 3 aromatic rings. The Morgan fingerprint density at radius 1 is 1.24 bits per heavy atom. The third-order valence-corrected chi connectivity index (χ3v) is 5.70. The predicted molar refractivity (Wildman–Crippen MR) is 152 cm³/mol. The molecule has 2 radical (unpaired) electrons. The van der Waals surface area contributed by atoms with Crippen LogP contribution in [0.1, 0.15) is 61.1 Å². The van der Waals surface area contributed by atoms with E-state index in [0.29, 0.717) is 11.4 Å². The zero-order valence-electron chi connectivity index (χ0n) is 24.2. The van der Waals surface area contributed by atoms with Crippen LogP contribution in [-0.2, 0) is 23.1 Å². The Balaban J connectivity index is 1.78. The molecule has 0 bridgehead atoms. The Morgan fingerprint density at radius 3 is 2.60 bits per heavy atom. The first-order chi connectivity index (χ1) is 19.7. The van der Waals surface area contributed by atoms with Crippen LogP contribution in [-0.4, -0.2) is 64.6 Å². The molecule has 2 heterocycles. The Kier molecular flexibility index (Phi) is 9.90. The van der Waals surface area contributed by atoms with Gasteiger partial charge in [0.25, 0.3) is 5.91 Å². The highest BCUT2D eigenvalue weighted by molar-refractivity contribution is 6.32. The number of halogens is 1. The molecule has 2 N–H and O–H groups in total. The number of nitrogens with zero attached hydrogens (tertiary/aromatic N) is 5. The Bertz CT molecular complexity index is 1530. The van der Waals surface area contributed by atoms with E-state index in [-0.39, 0.29) is 34.7 Å². The SMILES string of the molecule is [B]c1cnc(NC(=O)CNC(=O)OC(C)(C)C)c(O[C@H](C)c2cc(F)ccc2C(=O)N(C)Cc2cc(C#N)n(C)n2)c1. The van der Waals surface area contributed by atoms with Gasteiger partial charge in [-0.2, -0.15) is 10.4 Å². The van der Waals surface area contributed by atoms with Crippen LogP contribution in [0.15, 0.2) is 36.5 Å². The highest BCUT2D eigenvalue weighted by Crippen LogP contribution is 2.29. The number of alkyl carbamates (subject to hydrolysis) is 1. The average molecular weight is 575 g/mol. The minimum atomic E-state index is -0.896. The standard InChI is InChI=1S/C28H31BFN7O5/c1-16(41-23-9-17(29)13-32-25(23)34-24(38)14-33-27(40)42-28(2,3)4)22-10-18(30)7-8-21(22)26(39)36(5)15-19-11-20(12-31)37(6)35-19/h7-11,13,16H,14-15H2,1-6H3,(H,33,40)(H,32,34,38)/t16-/m1/s1. The maximum atomic E-state index is 14.4. The minimum Gasteiger partial charge on any atom is -0.482 e. The molecule has 1 aromatic carbocycles. The maximum absolute atomic E-state index is 14.4. The number of amides is 3. The molecule has 0 saturated carbocycles. The van der Waals surface area contributed by atoms with Crippen molar-refractivity contribution in [3.8, 4) is 11.8 Å². The first kappa shape index (κ1) is 31.6. The van der Waals surface area contributed by atoms with Gasteiger partial charge in [-0.05, 0) is 58.0 Å². The van der Waals surface area contributed by atoms with Crippen LogP contribution in [0.5, 0.6) is 5.75 Å². The number of aromatic nitrogens is 3. The fraction of sp³-hybridized carbons (Fsp3) is 0.357. The van der Waals surface area contributed by atoms with Crippen molar-refractivity contribution in [2.24, 2.45) is 7.05 Å². The van der Waals surface area contributed by atoms with E-state index in [1.165, 1.54) is 34.0 Å². The number of hydrogen-bond donors (Lipinski definition) is 2. The largest absolute Gasteiger partial charge is 0.482 e. The molecule has 0 aliphatic carbocycles. The number of aryl methyl sites for hydroxylation is 1. The molecule has 3 amide bonds. The van der Waals surface area contributed by atoms with Crippen molar-refractivity contribution in [2.75, 3.05) is 18.9 Å². The number of benzene rings is 1.